The molecule has 1 heterocycles. The van der Waals surface area contributed by atoms with Gasteiger partial charge in [0.05, 0.1) is 0 Å². The lowest BCUT2D eigenvalue weighted by molar-refractivity contribution is 0.556. The molecule has 0 bridgehead atoms. The molecule has 2 N–H and O–H groups in total. The predicted molar refractivity (Wildman–Crippen MR) is 79.2 cm³/mol. The third-order valence-corrected chi connectivity index (χ3v) is 4.21. The molecule has 0 amide bonds. The minimum atomic E-state index is -4.11. The Bertz CT molecular complexity index is 739. The van der Waals surface area contributed by atoms with Crippen molar-refractivity contribution in [1.82, 2.24) is 10.3 Å². The number of benzene rings is 1. The summed E-state index contributed by atoms with van der Waals surface area (Å²) >= 11 is 5.86. The number of pyridine rings is 1. The van der Waals surface area contributed by atoms with Crippen LogP contribution in [0, 0.1) is 5.82 Å². The standard InChI is InChI=1S/C13H13ClFN3O2S/c1-16-8-9-6-10(14)7-11(13(9)15)21(19,20)18-12-4-2-3-5-17-12/h2-7,16H,8H2,1H3,(H,17,18). The summed E-state index contributed by atoms with van der Waals surface area (Å²) in [4.78, 5) is 3.33. The molecular weight excluding hydrogens is 317 g/mol. The lowest BCUT2D eigenvalue weighted by atomic mass is 10.2. The Morgan fingerprint density at radius 1 is 1.33 bits per heavy atom. The minimum absolute atomic E-state index is 0.104. The van der Waals surface area contributed by atoms with Crippen molar-refractivity contribution in [2.24, 2.45) is 0 Å². The van der Waals surface area contributed by atoms with E-state index in [1.165, 1.54) is 18.3 Å². The highest BCUT2D eigenvalue weighted by molar-refractivity contribution is 7.92. The number of hydrogen-bond acceptors (Lipinski definition) is 4. The Kier molecular flexibility index (Phi) is 4.76. The number of aromatic nitrogens is 1. The zero-order valence-corrected chi connectivity index (χ0v) is 12.7. The minimum Gasteiger partial charge on any atom is -0.316 e. The van der Waals surface area contributed by atoms with Crippen LogP contribution < -0.4 is 10.0 Å². The number of sulfonamides is 1. The summed E-state index contributed by atoms with van der Waals surface area (Å²) in [6.45, 7) is 0.165. The molecule has 0 radical (unpaired) electrons. The predicted octanol–water partition coefficient (Wildman–Crippen LogP) is 2.39. The van der Waals surface area contributed by atoms with E-state index in [4.69, 9.17) is 11.6 Å². The molecule has 0 unspecified atom stereocenters. The third kappa shape index (κ3) is 3.69. The summed E-state index contributed by atoms with van der Waals surface area (Å²) in [5.74, 6) is -0.732. The fraction of sp³-hybridized carbons (Fsp3) is 0.154. The van der Waals surface area contributed by atoms with E-state index >= 15 is 0 Å². The van der Waals surface area contributed by atoms with E-state index < -0.39 is 20.7 Å². The highest BCUT2D eigenvalue weighted by Gasteiger charge is 2.22. The van der Waals surface area contributed by atoms with Crippen molar-refractivity contribution >= 4 is 27.4 Å². The largest absolute Gasteiger partial charge is 0.316 e. The fourth-order valence-corrected chi connectivity index (χ4v) is 3.21. The van der Waals surface area contributed by atoms with Gasteiger partial charge < -0.3 is 5.32 Å². The van der Waals surface area contributed by atoms with Gasteiger partial charge in [0.1, 0.15) is 16.5 Å². The number of hydrogen-bond donors (Lipinski definition) is 2. The van der Waals surface area contributed by atoms with Crippen LogP contribution >= 0.6 is 11.6 Å². The normalized spacial score (nSPS) is 11.4. The van der Waals surface area contributed by atoms with Crippen molar-refractivity contribution in [1.29, 1.82) is 0 Å². The zero-order chi connectivity index (χ0) is 15.5. The van der Waals surface area contributed by atoms with Crippen molar-refractivity contribution < 1.29 is 12.8 Å². The SMILES string of the molecule is CNCc1cc(Cl)cc(S(=O)(=O)Nc2ccccn2)c1F. The quantitative estimate of drug-likeness (QED) is 0.883. The van der Waals surface area contributed by atoms with Crippen molar-refractivity contribution in [3.8, 4) is 0 Å². The molecule has 0 atom stereocenters. The van der Waals surface area contributed by atoms with Gasteiger partial charge >= 0.3 is 0 Å². The van der Waals surface area contributed by atoms with Crippen LogP contribution in [0.15, 0.2) is 41.4 Å². The second-order valence-corrected chi connectivity index (χ2v) is 6.32. The van der Waals surface area contributed by atoms with Gasteiger partial charge in [0, 0.05) is 23.3 Å². The van der Waals surface area contributed by atoms with Crippen LogP contribution in [0.3, 0.4) is 0 Å². The molecule has 2 rings (SSSR count). The van der Waals surface area contributed by atoms with E-state index in [2.05, 4.69) is 15.0 Å². The number of anilines is 1. The maximum atomic E-state index is 14.3. The fourth-order valence-electron chi connectivity index (χ4n) is 1.75. The molecule has 1 aromatic carbocycles. The molecule has 0 spiro atoms. The van der Waals surface area contributed by atoms with Crippen LogP contribution in [0.25, 0.3) is 0 Å². The van der Waals surface area contributed by atoms with Gasteiger partial charge in [0.2, 0.25) is 0 Å². The smallest absolute Gasteiger partial charge is 0.266 e. The van der Waals surface area contributed by atoms with E-state index in [1.54, 1.807) is 19.2 Å². The van der Waals surface area contributed by atoms with E-state index in [0.717, 1.165) is 6.07 Å². The average Bonchev–Trinajstić information content (AvgIpc) is 2.43. The average molecular weight is 330 g/mol. The monoisotopic (exact) mass is 329 g/mol. The Morgan fingerprint density at radius 2 is 2.10 bits per heavy atom. The van der Waals surface area contributed by atoms with Crippen molar-refractivity contribution in [2.75, 3.05) is 11.8 Å². The zero-order valence-electron chi connectivity index (χ0n) is 11.1. The third-order valence-electron chi connectivity index (χ3n) is 2.64. The van der Waals surface area contributed by atoms with Gasteiger partial charge in [-0.3, -0.25) is 4.72 Å². The van der Waals surface area contributed by atoms with Crippen LogP contribution in [-0.2, 0) is 16.6 Å². The highest BCUT2D eigenvalue weighted by Crippen LogP contribution is 2.25. The van der Waals surface area contributed by atoms with Crippen LogP contribution in [0.5, 0.6) is 0 Å². The van der Waals surface area contributed by atoms with Crippen LogP contribution in [0.4, 0.5) is 10.2 Å². The molecule has 8 heteroatoms. The summed E-state index contributed by atoms with van der Waals surface area (Å²) in [6, 6.07) is 7.18. The number of nitrogens with one attached hydrogen (secondary N) is 2. The topological polar surface area (TPSA) is 71.1 Å². The molecular formula is C13H13ClFN3O2S. The van der Waals surface area contributed by atoms with Gasteiger partial charge in [-0.15, -0.1) is 0 Å². The Morgan fingerprint density at radius 3 is 2.71 bits per heavy atom. The summed E-state index contributed by atoms with van der Waals surface area (Å²) in [5, 5.41) is 2.90. The number of halogens is 2. The second-order valence-electron chi connectivity index (χ2n) is 4.23. The van der Waals surface area contributed by atoms with E-state index in [9.17, 15) is 12.8 Å². The Labute approximate surface area is 127 Å². The van der Waals surface area contributed by atoms with Gasteiger partial charge in [0.15, 0.2) is 0 Å². The highest BCUT2D eigenvalue weighted by atomic mass is 35.5. The molecule has 21 heavy (non-hydrogen) atoms. The summed E-state index contributed by atoms with van der Waals surface area (Å²) in [5.41, 5.74) is 0.173. The van der Waals surface area contributed by atoms with Crippen LogP contribution in [-0.4, -0.2) is 20.4 Å². The van der Waals surface area contributed by atoms with Crippen molar-refractivity contribution in [2.45, 2.75) is 11.4 Å². The first-order chi connectivity index (χ1) is 9.94. The molecule has 112 valence electrons. The molecule has 0 fully saturated rings. The first-order valence-electron chi connectivity index (χ1n) is 6.00. The van der Waals surface area contributed by atoms with Crippen LogP contribution in [0.2, 0.25) is 5.02 Å². The first-order valence-corrected chi connectivity index (χ1v) is 7.86. The molecule has 1 aromatic heterocycles. The molecule has 0 saturated heterocycles. The molecule has 0 aliphatic rings. The maximum Gasteiger partial charge on any atom is 0.266 e. The molecule has 0 aliphatic carbocycles. The van der Waals surface area contributed by atoms with Gasteiger partial charge in [-0.05, 0) is 31.3 Å². The number of nitrogens with zero attached hydrogens (tertiary/aromatic N) is 1. The number of rotatable bonds is 5. The molecule has 0 saturated carbocycles. The van der Waals surface area contributed by atoms with E-state index in [1.807, 2.05) is 0 Å². The Balaban J connectivity index is 2.45. The summed E-state index contributed by atoms with van der Waals surface area (Å²) in [6.07, 6.45) is 1.43. The van der Waals surface area contributed by atoms with Gasteiger partial charge in [-0.1, -0.05) is 17.7 Å². The lowest BCUT2D eigenvalue weighted by Crippen LogP contribution is -2.17. The molecule has 2 aromatic rings. The van der Waals surface area contributed by atoms with Crippen LogP contribution in [0.1, 0.15) is 5.56 Å². The maximum absolute atomic E-state index is 14.3. The van der Waals surface area contributed by atoms with E-state index in [0.29, 0.717) is 0 Å². The second kappa shape index (κ2) is 6.38. The summed E-state index contributed by atoms with van der Waals surface area (Å²) < 4.78 is 41.0. The lowest BCUT2D eigenvalue weighted by Gasteiger charge is -2.11. The van der Waals surface area contributed by atoms with E-state index in [-0.39, 0.29) is 22.9 Å². The summed E-state index contributed by atoms with van der Waals surface area (Å²) in [7, 11) is -2.48. The molecule has 0 aliphatic heterocycles. The van der Waals surface area contributed by atoms with Gasteiger partial charge in [-0.25, -0.2) is 17.8 Å². The Hall–Kier alpha value is -1.70. The first kappa shape index (κ1) is 15.7. The van der Waals surface area contributed by atoms with Gasteiger partial charge in [0.25, 0.3) is 10.0 Å². The molecule has 5 nitrogen and oxygen atoms in total. The van der Waals surface area contributed by atoms with Crippen molar-refractivity contribution in [3.63, 3.8) is 0 Å². The van der Waals surface area contributed by atoms with Crippen molar-refractivity contribution in [3.05, 3.63) is 52.9 Å². The van der Waals surface area contributed by atoms with Gasteiger partial charge in [-0.2, -0.15) is 0 Å².